The van der Waals surface area contributed by atoms with Gasteiger partial charge in [0.2, 0.25) is 5.91 Å². The van der Waals surface area contributed by atoms with Gasteiger partial charge in [0.25, 0.3) is 0 Å². The van der Waals surface area contributed by atoms with Gasteiger partial charge in [-0.3, -0.25) is 9.59 Å². The van der Waals surface area contributed by atoms with Crippen LogP contribution in [0, 0.1) is 0 Å². The van der Waals surface area contributed by atoms with Crippen LogP contribution in [-0.2, 0) is 20.8 Å². The Morgan fingerprint density at radius 3 is 2.58 bits per heavy atom. The molecule has 0 bridgehead atoms. The van der Waals surface area contributed by atoms with E-state index < -0.39 is 29.9 Å². The van der Waals surface area contributed by atoms with Gasteiger partial charge < -0.3 is 26.2 Å². The average Bonchev–Trinajstić information content (AvgIpc) is 2.94. The lowest BCUT2D eigenvalue weighted by Crippen LogP contribution is -2.49. The Labute approximate surface area is 137 Å². The van der Waals surface area contributed by atoms with Crippen molar-refractivity contribution in [3.8, 4) is 0 Å². The van der Waals surface area contributed by atoms with Crippen molar-refractivity contribution in [1.82, 2.24) is 10.3 Å². The minimum absolute atomic E-state index is 0.0550. The molecule has 1 heterocycles. The van der Waals surface area contributed by atoms with Crippen LogP contribution in [0.2, 0.25) is 0 Å². The fourth-order valence-electron chi connectivity index (χ4n) is 2.41. The fourth-order valence-corrected chi connectivity index (χ4v) is 2.41. The largest absolute Gasteiger partial charge is 0.481 e. The van der Waals surface area contributed by atoms with Crippen LogP contribution in [0.1, 0.15) is 18.4 Å². The van der Waals surface area contributed by atoms with E-state index in [1.54, 1.807) is 6.20 Å². The number of nitrogens with two attached hydrogens (primary N) is 1. The molecule has 1 aromatic carbocycles. The number of aromatic nitrogens is 1. The molecule has 2 aromatic rings. The maximum Gasteiger partial charge on any atom is 0.326 e. The first-order chi connectivity index (χ1) is 11.4. The molecule has 2 atom stereocenters. The minimum Gasteiger partial charge on any atom is -0.481 e. The summed E-state index contributed by atoms with van der Waals surface area (Å²) in [4.78, 5) is 36.9. The van der Waals surface area contributed by atoms with Crippen LogP contribution in [-0.4, -0.2) is 45.1 Å². The van der Waals surface area contributed by atoms with E-state index in [9.17, 15) is 19.5 Å². The molecule has 2 rings (SSSR count). The number of carbonyl (C=O) groups excluding carboxylic acids is 1. The number of H-pyrrole nitrogens is 1. The number of aromatic amines is 1. The second-order valence-corrected chi connectivity index (χ2v) is 5.50. The van der Waals surface area contributed by atoms with Gasteiger partial charge in [-0.2, -0.15) is 0 Å². The van der Waals surface area contributed by atoms with Gasteiger partial charge in [-0.05, 0) is 18.1 Å². The fraction of sp³-hybridized carbons (Fsp3) is 0.312. The van der Waals surface area contributed by atoms with Crippen molar-refractivity contribution in [3.63, 3.8) is 0 Å². The number of para-hydroxylation sites is 1. The summed E-state index contributed by atoms with van der Waals surface area (Å²) in [6.45, 7) is 0. The summed E-state index contributed by atoms with van der Waals surface area (Å²) in [5, 5.41) is 21.2. The molecular formula is C16H19N3O5. The highest BCUT2D eigenvalue weighted by molar-refractivity contribution is 5.88. The molecule has 0 spiro atoms. The number of fused-ring (bicyclic) bond motifs is 1. The highest BCUT2D eigenvalue weighted by Crippen LogP contribution is 2.19. The highest BCUT2D eigenvalue weighted by Gasteiger charge is 2.24. The summed E-state index contributed by atoms with van der Waals surface area (Å²) in [5.41, 5.74) is 7.24. The van der Waals surface area contributed by atoms with Gasteiger partial charge >= 0.3 is 11.9 Å². The first kappa shape index (κ1) is 17.5. The smallest absolute Gasteiger partial charge is 0.326 e. The van der Waals surface area contributed by atoms with E-state index in [2.05, 4.69) is 10.3 Å². The SMILES string of the molecule is N[C@H](CCC(=O)O)C(=O)N[C@@H](Cc1c[nH]c2ccccc12)C(=O)O. The third kappa shape index (κ3) is 4.32. The summed E-state index contributed by atoms with van der Waals surface area (Å²) >= 11 is 0. The molecule has 128 valence electrons. The van der Waals surface area contributed by atoms with E-state index in [0.717, 1.165) is 16.5 Å². The number of amides is 1. The molecule has 0 aliphatic rings. The van der Waals surface area contributed by atoms with Crippen molar-refractivity contribution in [2.24, 2.45) is 5.73 Å². The molecule has 24 heavy (non-hydrogen) atoms. The third-order valence-electron chi connectivity index (χ3n) is 3.72. The number of carbonyl (C=O) groups is 3. The standard InChI is InChI=1S/C16H19N3O5/c17-11(5-6-14(20)21)15(22)19-13(16(23)24)7-9-8-18-12-4-2-1-3-10(9)12/h1-4,8,11,13,18H,5-7,17H2,(H,19,22)(H,20,21)(H,23,24)/t11-,13+/m1/s1. The number of hydrogen-bond donors (Lipinski definition) is 5. The second-order valence-electron chi connectivity index (χ2n) is 5.50. The van der Waals surface area contributed by atoms with Crippen molar-refractivity contribution in [2.45, 2.75) is 31.3 Å². The maximum absolute atomic E-state index is 12.0. The van der Waals surface area contributed by atoms with Crippen molar-refractivity contribution < 1.29 is 24.6 Å². The van der Waals surface area contributed by atoms with E-state index >= 15 is 0 Å². The third-order valence-corrected chi connectivity index (χ3v) is 3.72. The number of carboxylic acids is 2. The van der Waals surface area contributed by atoms with Crippen LogP contribution >= 0.6 is 0 Å². The number of nitrogens with one attached hydrogen (secondary N) is 2. The van der Waals surface area contributed by atoms with Gasteiger partial charge in [0, 0.05) is 29.9 Å². The topological polar surface area (TPSA) is 146 Å². The zero-order valence-corrected chi connectivity index (χ0v) is 12.9. The van der Waals surface area contributed by atoms with E-state index in [0.29, 0.717) is 0 Å². The summed E-state index contributed by atoms with van der Waals surface area (Å²) in [5.74, 6) is -2.92. The second kappa shape index (κ2) is 7.60. The van der Waals surface area contributed by atoms with Crippen LogP contribution in [0.25, 0.3) is 10.9 Å². The highest BCUT2D eigenvalue weighted by atomic mass is 16.4. The van der Waals surface area contributed by atoms with Crippen molar-refractivity contribution in [3.05, 3.63) is 36.0 Å². The van der Waals surface area contributed by atoms with Gasteiger partial charge in [0.05, 0.1) is 6.04 Å². The lowest BCUT2D eigenvalue weighted by atomic mass is 10.0. The number of aliphatic carboxylic acids is 2. The summed E-state index contributed by atoms with van der Waals surface area (Å²) < 4.78 is 0. The molecule has 1 amide bonds. The number of hydrogen-bond acceptors (Lipinski definition) is 4. The molecule has 0 unspecified atom stereocenters. The Hall–Kier alpha value is -2.87. The Balaban J connectivity index is 2.05. The Kier molecular flexibility index (Phi) is 5.54. The molecule has 0 aliphatic carbocycles. The van der Waals surface area contributed by atoms with Gasteiger partial charge in [0.1, 0.15) is 6.04 Å². The van der Waals surface area contributed by atoms with Crippen LogP contribution in [0.15, 0.2) is 30.5 Å². The predicted molar refractivity (Wildman–Crippen MR) is 86.4 cm³/mol. The molecule has 0 fully saturated rings. The normalized spacial score (nSPS) is 13.4. The molecule has 8 nitrogen and oxygen atoms in total. The van der Waals surface area contributed by atoms with Crippen molar-refractivity contribution in [1.29, 1.82) is 0 Å². The van der Waals surface area contributed by atoms with E-state index in [1.807, 2.05) is 24.3 Å². The van der Waals surface area contributed by atoms with Crippen LogP contribution in [0.3, 0.4) is 0 Å². The Bertz CT molecular complexity index is 755. The lowest BCUT2D eigenvalue weighted by Gasteiger charge is -2.17. The van der Waals surface area contributed by atoms with Crippen LogP contribution in [0.4, 0.5) is 0 Å². The molecule has 0 aliphatic heterocycles. The van der Waals surface area contributed by atoms with Crippen molar-refractivity contribution in [2.75, 3.05) is 0 Å². The van der Waals surface area contributed by atoms with Gasteiger partial charge in [-0.25, -0.2) is 4.79 Å². The molecule has 0 radical (unpaired) electrons. The average molecular weight is 333 g/mol. The first-order valence-corrected chi connectivity index (χ1v) is 7.44. The lowest BCUT2D eigenvalue weighted by molar-refractivity contribution is -0.142. The van der Waals surface area contributed by atoms with Gasteiger partial charge in [-0.1, -0.05) is 18.2 Å². The zero-order chi connectivity index (χ0) is 17.7. The van der Waals surface area contributed by atoms with Gasteiger partial charge in [0.15, 0.2) is 0 Å². The minimum atomic E-state index is -1.18. The van der Waals surface area contributed by atoms with Gasteiger partial charge in [-0.15, -0.1) is 0 Å². The predicted octanol–water partition coefficient (Wildman–Crippen LogP) is 0.472. The summed E-state index contributed by atoms with van der Waals surface area (Å²) in [7, 11) is 0. The Morgan fingerprint density at radius 1 is 1.21 bits per heavy atom. The Morgan fingerprint density at radius 2 is 1.92 bits per heavy atom. The summed E-state index contributed by atoms with van der Waals surface area (Å²) in [6, 6.07) is 5.23. The number of rotatable bonds is 8. The van der Waals surface area contributed by atoms with Crippen LogP contribution in [0.5, 0.6) is 0 Å². The maximum atomic E-state index is 12.0. The quantitative estimate of drug-likeness (QED) is 0.475. The molecule has 8 heteroatoms. The molecule has 0 saturated heterocycles. The van der Waals surface area contributed by atoms with E-state index in [1.165, 1.54) is 0 Å². The molecule has 1 aromatic heterocycles. The number of benzene rings is 1. The molecular weight excluding hydrogens is 314 g/mol. The zero-order valence-electron chi connectivity index (χ0n) is 12.9. The summed E-state index contributed by atoms with van der Waals surface area (Å²) in [6.07, 6.45) is 1.49. The van der Waals surface area contributed by atoms with Crippen LogP contribution < -0.4 is 11.1 Å². The van der Waals surface area contributed by atoms with Crippen molar-refractivity contribution >= 4 is 28.7 Å². The first-order valence-electron chi connectivity index (χ1n) is 7.44. The molecule has 6 N–H and O–H groups in total. The monoisotopic (exact) mass is 333 g/mol. The number of carboxylic acid groups (broad SMARTS) is 2. The van der Waals surface area contributed by atoms with E-state index in [-0.39, 0.29) is 19.3 Å². The molecule has 0 saturated carbocycles. The van der Waals surface area contributed by atoms with E-state index in [4.69, 9.17) is 10.8 Å².